The van der Waals surface area contributed by atoms with Crippen LogP contribution < -0.4 is 0 Å². The van der Waals surface area contributed by atoms with Gasteiger partial charge in [-0.2, -0.15) is 0 Å². The smallest absolute Gasteiger partial charge is 0.114 e. The third-order valence-electron chi connectivity index (χ3n) is 10.7. The Kier molecular flexibility index (Phi) is 7.47. The summed E-state index contributed by atoms with van der Waals surface area (Å²) in [6.07, 6.45) is 0.844. The van der Waals surface area contributed by atoms with E-state index in [1.54, 1.807) is 0 Å². The molecule has 53 heavy (non-hydrogen) atoms. The molecule has 9 aromatic carbocycles. The van der Waals surface area contributed by atoms with Crippen molar-refractivity contribution in [2.24, 2.45) is 0 Å². The third kappa shape index (κ3) is 5.14. The van der Waals surface area contributed by atoms with Crippen molar-refractivity contribution < 1.29 is 0 Å². The van der Waals surface area contributed by atoms with Gasteiger partial charge < -0.3 is 0 Å². The summed E-state index contributed by atoms with van der Waals surface area (Å²) in [5.41, 5.74) is 13.1. The van der Waals surface area contributed by atoms with Crippen LogP contribution >= 0.6 is 0 Å². The predicted molar refractivity (Wildman–Crippen MR) is 225 cm³/mol. The van der Waals surface area contributed by atoms with Gasteiger partial charge >= 0.3 is 0 Å². The summed E-state index contributed by atoms with van der Waals surface area (Å²) in [6, 6.07) is 68.5. The van der Waals surface area contributed by atoms with Gasteiger partial charge in [0.15, 0.2) is 0 Å². The molecule has 0 atom stereocenters. The highest BCUT2D eigenvalue weighted by atomic mass is 15.1. The van der Waals surface area contributed by atoms with Crippen molar-refractivity contribution in [1.82, 2.24) is 9.55 Å². The number of hydrogen-bond donors (Lipinski definition) is 0. The number of aryl methyl sites for hydroxylation is 1. The molecule has 0 aliphatic carbocycles. The maximum Gasteiger partial charge on any atom is 0.114 e. The Hall–Kier alpha value is -6.77. The highest BCUT2D eigenvalue weighted by Gasteiger charge is 2.21. The fourth-order valence-electron chi connectivity index (χ4n) is 8.35. The fraction of sp³-hybridized carbons (Fsp3) is 0.0392. The Labute approximate surface area is 309 Å². The van der Waals surface area contributed by atoms with Gasteiger partial charge in [0.1, 0.15) is 5.82 Å². The van der Waals surface area contributed by atoms with Crippen molar-refractivity contribution in [3.63, 3.8) is 0 Å². The lowest BCUT2D eigenvalue weighted by atomic mass is 9.83. The van der Waals surface area contributed by atoms with Crippen molar-refractivity contribution >= 4 is 43.4 Å². The van der Waals surface area contributed by atoms with E-state index >= 15 is 0 Å². The predicted octanol–water partition coefficient (Wildman–Crippen LogP) is 13.7. The van der Waals surface area contributed by atoms with Gasteiger partial charge in [-0.05, 0) is 102 Å². The summed E-state index contributed by atoms with van der Waals surface area (Å²) in [5, 5.41) is 7.40. The molecule has 0 N–H and O–H groups in total. The Morgan fingerprint density at radius 2 is 0.962 bits per heavy atom. The zero-order valence-corrected chi connectivity index (χ0v) is 29.5. The minimum absolute atomic E-state index is 0.844. The lowest BCUT2D eigenvalue weighted by Gasteiger charge is -2.21. The van der Waals surface area contributed by atoms with Crippen LogP contribution in [0.4, 0.5) is 0 Å². The van der Waals surface area contributed by atoms with Gasteiger partial charge in [0.2, 0.25) is 0 Å². The minimum atomic E-state index is 0.844. The third-order valence-corrected chi connectivity index (χ3v) is 10.7. The zero-order chi connectivity index (χ0) is 35.3. The number of benzene rings is 9. The molecule has 0 amide bonds. The maximum absolute atomic E-state index is 5.04. The summed E-state index contributed by atoms with van der Waals surface area (Å²) in [4.78, 5) is 5.04. The second-order valence-corrected chi connectivity index (χ2v) is 13.8. The normalized spacial score (nSPS) is 11.6. The van der Waals surface area contributed by atoms with Gasteiger partial charge in [-0.25, -0.2) is 4.98 Å². The van der Waals surface area contributed by atoms with E-state index in [0.29, 0.717) is 0 Å². The molecule has 0 aliphatic heterocycles. The van der Waals surface area contributed by atoms with Crippen molar-refractivity contribution in [3.8, 4) is 50.2 Å². The zero-order valence-electron chi connectivity index (χ0n) is 29.5. The van der Waals surface area contributed by atoms with Crippen LogP contribution in [0.5, 0.6) is 0 Å². The average molecular weight is 677 g/mol. The van der Waals surface area contributed by atoms with E-state index in [4.69, 9.17) is 4.98 Å². The summed E-state index contributed by atoms with van der Waals surface area (Å²) >= 11 is 0. The molecule has 2 heteroatoms. The van der Waals surface area contributed by atoms with E-state index in [0.717, 1.165) is 29.0 Å². The molecule has 0 unspecified atom stereocenters. The SMILES string of the molecule is CCc1nc2ccccc2n1-c1ccc(-c2c3ccccc3c(-c3cccc(-c4ccccc4)c3)c3cc(-c4ccccc4)ccc23)c2ccccc12. The lowest BCUT2D eigenvalue weighted by Crippen LogP contribution is -2.01. The average Bonchev–Trinajstić information content (AvgIpc) is 3.61. The fourth-order valence-corrected chi connectivity index (χ4v) is 8.35. The summed E-state index contributed by atoms with van der Waals surface area (Å²) in [6.45, 7) is 2.19. The molecule has 250 valence electrons. The Morgan fingerprint density at radius 1 is 0.396 bits per heavy atom. The first-order valence-electron chi connectivity index (χ1n) is 18.5. The number of nitrogens with zero attached hydrogens (tertiary/aromatic N) is 2. The molecule has 0 spiro atoms. The molecule has 1 aromatic heterocycles. The monoisotopic (exact) mass is 676 g/mol. The number of para-hydroxylation sites is 2. The first-order chi connectivity index (χ1) is 26.3. The molecule has 0 aliphatic rings. The minimum Gasteiger partial charge on any atom is -0.296 e. The molecule has 0 fully saturated rings. The molecule has 10 rings (SSSR count). The van der Waals surface area contributed by atoms with Crippen molar-refractivity contribution in [2.75, 3.05) is 0 Å². The van der Waals surface area contributed by atoms with E-state index in [1.165, 1.54) is 76.8 Å². The van der Waals surface area contributed by atoms with Crippen LogP contribution in [0.2, 0.25) is 0 Å². The van der Waals surface area contributed by atoms with Crippen molar-refractivity contribution in [1.29, 1.82) is 0 Å². The standard InChI is InChI=1S/C51H36N2/c1-2-49-52-46-26-13-14-27-48(46)53(49)47-31-30-43(39-22-9-10-23-40(39)47)51-42-25-12-11-24-41(42)50(38-21-15-20-36(32-38)34-16-5-3-6-17-34)45-33-37(28-29-44(45)51)35-18-7-4-8-19-35/h3-33H,2H2,1H3. The van der Waals surface area contributed by atoms with E-state index in [2.05, 4.69) is 200 Å². The second-order valence-electron chi connectivity index (χ2n) is 13.8. The molecule has 1 heterocycles. The Bertz CT molecular complexity index is 2970. The first-order valence-corrected chi connectivity index (χ1v) is 18.5. The number of fused-ring (bicyclic) bond motifs is 4. The van der Waals surface area contributed by atoms with Crippen LogP contribution in [0.1, 0.15) is 12.7 Å². The van der Waals surface area contributed by atoms with Crippen LogP contribution in [0, 0.1) is 0 Å². The van der Waals surface area contributed by atoms with Crippen LogP contribution in [0.3, 0.4) is 0 Å². The largest absolute Gasteiger partial charge is 0.296 e. The number of rotatable bonds is 6. The summed E-state index contributed by atoms with van der Waals surface area (Å²) < 4.78 is 2.35. The molecular formula is C51H36N2. The van der Waals surface area contributed by atoms with Gasteiger partial charge in [0.25, 0.3) is 0 Å². The van der Waals surface area contributed by atoms with Crippen molar-refractivity contribution in [2.45, 2.75) is 13.3 Å². The molecular weight excluding hydrogens is 641 g/mol. The van der Waals surface area contributed by atoms with Gasteiger partial charge in [-0.15, -0.1) is 0 Å². The van der Waals surface area contributed by atoms with Crippen molar-refractivity contribution in [3.05, 3.63) is 194 Å². The lowest BCUT2D eigenvalue weighted by molar-refractivity contribution is 0.913. The van der Waals surface area contributed by atoms with E-state index in [-0.39, 0.29) is 0 Å². The Morgan fingerprint density at radius 3 is 1.70 bits per heavy atom. The van der Waals surface area contributed by atoms with Gasteiger partial charge in [0.05, 0.1) is 16.7 Å². The first kappa shape index (κ1) is 31.0. The molecule has 10 aromatic rings. The highest BCUT2D eigenvalue weighted by molar-refractivity contribution is 6.24. The number of imidazole rings is 1. The molecule has 2 nitrogen and oxygen atoms in total. The molecule has 0 saturated carbocycles. The van der Waals surface area contributed by atoms with Crippen LogP contribution in [-0.4, -0.2) is 9.55 Å². The van der Waals surface area contributed by atoms with Gasteiger partial charge in [-0.1, -0.05) is 165 Å². The summed E-state index contributed by atoms with van der Waals surface area (Å²) in [7, 11) is 0. The summed E-state index contributed by atoms with van der Waals surface area (Å²) in [5.74, 6) is 1.07. The van der Waals surface area contributed by atoms with E-state index in [9.17, 15) is 0 Å². The van der Waals surface area contributed by atoms with Gasteiger partial charge in [-0.3, -0.25) is 4.57 Å². The Balaban J connectivity index is 1.29. The number of aromatic nitrogens is 2. The quantitative estimate of drug-likeness (QED) is 0.160. The van der Waals surface area contributed by atoms with Crippen LogP contribution in [0.15, 0.2) is 188 Å². The van der Waals surface area contributed by atoms with Crippen LogP contribution in [-0.2, 0) is 6.42 Å². The number of hydrogen-bond acceptors (Lipinski definition) is 1. The van der Waals surface area contributed by atoms with Gasteiger partial charge in [0, 0.05) is 11.8 Å². The molecule has 0 saturated heterocycles. The molecule has 0 bridgehead atoms. The molecule has 0 radical (unpaired) electrons. The second kappa shape index (κ2) is 12.8. The topological polar surface area (TPSA) is 17.8 Å². The van der Waals surface area contributed by atoms with E-state index < -0.39 is 0 Å². The van der Waals surface area contributed by atoms with E-state index in [1.807, 2.05) is 0 Å². The van der Waals surface area contributed by atoms with Crippen LogP contribution in [0.25, 0.3) is 93.5 Å². The highest BCUT2D eigenvalue weighted by Crippen LogP contribution is 2.47. The maximum atomic E-state index is 5.04.